The number of phenolic OH excluding ortho intramolecular Hbond substituents is 1. The average molecular weight is 242 g/mol. The van der Waals surface area contributed by atoms with Crippen LogP contribution in [0.1, 0.15) is 30.9 Å². The van der Waals surface area contributed by atoms with Gasteiger partial charge in [-0.3, -0.25) is 0 Å². The summed E-state index contributed by atoms with van der Waals surface area (Å²) >= 11 is 0. The lowest BCUT2D eigenvalue weighted by atomic mass is 9.87. The first-order chi connectivity index (χ1) is 7.31. The molecule has 0 fully saturated rings. The molecule has 1 aliphatic rings. The molecule has 1 aliphatic carbocycles. The van der Waals surface area contributed by atoms with Gasteiger partial charge >= 0.3 is 0 Å². The highest BCUT2D eigenvalue weighted by Gasteiger charge is 2.19. The lowest BCUT2D eigenvalue weighted by Gasteiger charge is -2.25. The van der Waals surface area contributed by atoms with Crippen LogP contribution < -0.4 is 5.32 Å². The number of aromatic hydroxyl groups is 1. The van der Waals surface area contributed by atoms with Gasteiger partial charge in [-0.25, -0.2) is 0 Å². The maximum atomic E-state index is 9.70. The van der Waals surface area contributed by atoms with E-state index in [1.807, 2.05) is 6.07 Å². The third-order valence-corrected chi connectivity index (χ3v) is 3.14. The number of halogens is 1. The second-order valence-corrected chi connectivity index (χ2v) is 4.31. The van der Waals surface area contributed by atoms with E-state index < -0.39 is 0 Å². The zero-order valence-corrected chi connectivity index (χ0v) is 10.5. The molecular weight excluding hydrogens is 222 g/mol. The Morgan fingerprint density at radius 2 is 2.25 bits per heavy atom. The van der Waals surface area contributed by atoms with Gasteiger partial charge in [0.2, 0.25) is 0 Å². The van der Waals surface area contributed by atoms with Crippen molar-refractivity contribution in [1.82, 2.24) is 5.32 Å². The molecule has 90 valence electrons. The second-order valence-electron chi connectivity index (χ2n) is 4.31. The Morgan fingerprint density at radius 1 is 1.44 bits per heavy atom. The van der Waals surface area contributed by atoms with Gasteiger partial charge in [-0.15, -0.1) is 12.4 Å². The van der Waals surface area contributed by atoms with E-state index >= 15 is 0 Å². The van der Waals surface area contributed by atoms with Gasteiger partial charge in [0.1, 0.15) is 5.75 Å². The summed E-state index contributed by atoms with van der Waals surface area (Å²) in [5, 5.41) is 13.2. The van der Waals surface area contributed by atoms with Gasteiger partial charge in [-0.1, -0.05) is 19.1 Å². The van der Waals surface area contributed by atoms with E-state index in [1.165, 1.54) is 12.0 Å². The van der Waals surface area contributed by atoms with Crippen LogP contribution in [-0.2, 0) is 12.8 Å². The molecule has 2 nitrogen and oxygen atoms in total. The van der Waals surface area contributed by atoms with Crippen molar-refractivity contribution in [3.8, 4) is 5.75 Å². The summed E-state index contributed by atoms with van der Waals surface area (Å²) in [7, 11) is 0. The van der Waals surface area contributed by atoms with Gasteiger partial charge in [-0.05, 0) is 49.4 Å². The van der Waals surface area contributed by atoms with Gasteiger partial charge in [0.25, 0.3) is 0 Å². The number of fused-ring (bicyclic) bond motifs is 1. The van der Waals surface area contributed by atoms with E-state index in [-0.39, 0.29) is 12.4 Å². The molecule has 0 amide bonds. The molecule has 0 spiro atoms. The fourth-order valence-corrected chi connectivity index (χ4v) is 2.31. The fourth-order valence-electron chi connectivity index (χ4n) is 2.31. The Morgan fingerprint density at radius 3 is 3.00 bits per heavy atom. The summed E-state index contributed by atoms with van der Waals surface area (Å²) in [6.45, 7) is 3.29. The summed E-state index contributed by atoms with van der Waals surface area (Å²) in [5.74, 6) is 0.474. The Labute approximate surface area is 103 Å². The third-order valence-electron chi connectivity index (χ3n) is 3.14. The lowest BCUT2D eigenvalue weighted by Crippen LogP contribution is -2.34. The quantitative estimate of drug-likeness (QED) is 0.853. The molecule has 1 aromatic rings. The van der Waals surface area contributed by atoms with Crippen LogP contribution >= 0.6 is 12.4 Å². The van der Waals surface area contributed by atoms with E-state index in [0.29, 0.717) is 11.8 Å². The molecule has 0 saturated heterocycles. The molecule has 3 heteroatoms. The molecule has 0 heterocycles. The summed E-state index contributed by atoms with van der Waals surface area (Å²) in [6, 6.07) is 6.46. The molecule has 0 aliphatic heterocycles. The third kappa shape index (κ3) is 2.89. The molecule has 1 atom stereocenters. The van der Waals surface area contributed by atoms with E-state index in [0.717, 1.165) is 31.4 Å². The predicted octanol–water partition coefficient (Wildman–Crippen LogP) is 2.67. The maximum Gasteiger partial charge on any atom is 0.119 e. The molecule has 2 rings (SSSR count). The summed E-state index contributed by atoms with van der Waals surface area (Å²) in [4.78, 5) is 0. The van der Waals surface area contributed by atoms with Crippen molar-refractivity contribution in [2.24, 2.45) is 0 Å². The predicted molar refractivity (Wildman–Crippen MR) is 69.5 cm³/mol. The lowest BCUT2D eigenvalue weighted by molar-refractivity contribution is 0.432. The van der Waals surface area contributed by atoms with Crippen molar-refractivity contribution in [1.29, 1.82) is 0 Å². The fraction of sp³-hybridized carbons (Fsp3) is 0.538. The summed E-state index contributed by atoms with van der Waals surface area (Å²) in [6.07, 6.45) is 4.39. The molecular formula is C13H20ClNO. The van der Waals surface area contributed by atoms with E-state index in [4.69, 9.17) is 0 Å². The number of rotatable bonds is 3. The van der Waals surface area contributed by atoms with Crippen LogP contribution in [0.3, 0.4) is 0 Å². The standard InChI is InChI=1S/C13H19NO.ClH/c1-2-8-14-11-6-7-12-10(9-11)4-3-5-13(12)15;/h3-5,11,14-15H,2,6-9H2,1H3;1H/t11-;/m0./s1. The van der Waals surface area contributed by atoms with E-state index in [1.54, 1.807) is 6.07 Å². The smallest absolute Gasteiger partial charge is 0.119 e. The molecule has 1 aromatic carbocycles. The first-order valence-corrected chi connectivity index (χ1v) is 5.84. The zero-order chi connectivity index (χ0) is 10.7. The molecule has 0 saturated carbocycles. The van der Waals surface area contributed by atoms with Crippen LogP contribution in [0.15, 0.2) is 18.2 Å². The number of nitrogens with one attached hydrogen (secondary N) is 1. The van der Waals surface area contributed by atoms with Gasteiger partial charge in [0.05, 0.1) is 0 Å². The van der Waals surface area contributed by atoms with Crippen LogP contribution in [0, 0.1) is 0 Å². The molecule has 0 bridgehead atoms. The number of benzene rings is 1. The Hall–Kier alpha value is -0.730. The van der Waals surface area contributed by atoms with Gasteiger partial charge in [0, 0.05) is 6.04 Å². The largest absolute Gasteiger partial charge is 0.508 e. The SMILES string of the molecule is CCCN[C@H]1CCc2c(O)cccc2C1.Cl. The minimum absolute atomic E-state index is 0. The van der Waals surface area contributed by atoms with Crippen LogP contribution in [-0.4, -0.2) is 17.7 Å². The van der Waals surface area contributed by atoms with Crippen molar-refractivity contribution >= 4 is 12.4 Å². The first-order valence-electron chi connectivity index (χ1n) is 5.84. The monoisotopic (exact) mass is 241 g/mol. The molecule has 2 N–H and O–H groups in total. The van der Waals surface area contributed by atoms with Gasteiger partial charge in [0.15, 0.2) is 0 Å². The molecule has 0 aromatic heterocycles. The van der Waals surface area contributed by atoms with Crippen LogP contribution in [0.25, 0.3) is 0 Å². The maximum absolute atomic E-state index is 9.70. The minimum atomic E-state index is 0. The molecule has 16 heavy (non-hydrogen) atoms. The van der Waals surface area contributed by atoms with Crippen molar-refractivity contribution in [2.75, 3.05) is 6.54 Å². The van der Waals surface area contributed by atoms with Gasteiger partial charge in [-0.2, -0.15) is 0 Å². The van der Waals surface area contributed by atoms with Gasteiger partial charge < -0.3 is 10.4 Å². The minimum Gasteiger partial charge on any atom is -0.508 e. The number of phenols is 1. The van der Waals surface area contributed by atoms with Crippen LogP contribution in [0.5, 0.6) is 5.75 Å². The first kappa shape index (κ1) is 13.3. The Balaban J connectivity index is 0.00000128. The highest BCUT2D eigenvalue weighted by molar-refractivity contribution is 5.85. The molecule has 0 radical (unpaired) electrons. The number of hydrogen-bond donors (Lipinski definition) is 2. The highest BCUT2D eigenvalue weighted by atomic mass is 35.5. The van der Waals surface area contributed by atoms with Crippen LogP contribution in [0.4, 0.5) is 0 Å². The van der Waals surface area contributed by atoms with Crippen molar-refractivity contribution in [2.45, 2.75) is 38.6 Å². The Bertz CT molecular complexity index is 341. The Kier molecular flexibility index (Phi) is 5.10. The average Bonchev–Trinajstić information content (AvgIpc) is 2.26. The topological polar surface area (TPSA) is 32.3 Å². The van der Waals surface area contributed by atoms with E-state index in [2.05, 4.69) is 18.3 Å². The van der Waals surface area contributed by atoms with E-state index in [9.17, 15) is 5.11 Å². The number of hydrogen-bond acceptors (Lipinski definition) is 2. The second kappa shape index (κ2) is 6.12. The van der Waals surface area contributed by atoms with Crippen molar-refractivity contribution in [3.05, 3.63) is 29.3 Å². The summed E-state index contributed by atoms with van der Waals surface area (Å²) < 4.78 is 0. The summed E-state index contributed by atoms with van der Waals surface area (Å²) in [5.41, 5.74) is 2.47. The van der Waals surface area contributed by atoms with Crippen molar-refractivity contribution in [3.63, 3.8) is 0 Å². The highest BCUT2D eigenvalue weighted by Crippen LogP contribution is 2.28. The normalized spacial score (nSPS) is 18.7. The molecule has 0 unspecified atom stereocenters. The zero-order valence-electron chi connectivity index (χ0n) is 9.70. The van der Waals surface area contributed by atoms with Crippen LogP contribution in [0.2, 0.25) is 0 Å². The van der Waals surface area contributed by atoms with Crippen molar-refractivity contribution < 1.29 is 5.11 Å².